The molecule has 0 aromatic carbocycles. The summed E-state index contributed by atoms with van der Waals surface area (Å²) in [6, 6.07) is 1.53. The highest BCUT2D eigenvalue weighted by Crippen LogP contribution is 2.44. The van der Waals surface area contributed by atoms with Gasteiger partial charge in [-0.1, -0.05) is 0 Å². The van der Waals surface area contributed by atoms with E-state index >= 15 is 0 Å². The number of nitrogens with one attached hydrogen (secondary N) is 2. The molecule has 0 amide bonds. The van der Waals surface area contributed by atoms with Crippen LogP contribution >= 0.6 is 23.7 Å². The van der Waals surface area contributed by atoms with Crippen molar-refractivity contribution >= 4 is 45.7 Å². The van der Waals surface area contributed by atoms with Gasteiger partial charge in [-0.25, -0.2) is 9.97 Å². The van der Waals surface area contributed by atoms with Gasteiger partial charge in [0.05, 0.1) is 33.8 Å². The maximum absolute atomic E-state index is 10.6. The van der Waals surface area contributed by atoms with Crippen molar-refractivity contribution in [2.24, 2.45) is 5.92 Å². The molecular weight excluding hydrogens is 488 g/mol. The fourth-order valence-electron chi connectivity index (χ4n) is 4.59. The van der Waals surface area contributed by atoms with Crippen LogP contribution in [0.2, 0.25) is 0 Å². The number of halogens is 1. The summed E-state index contributed by atoms with van der Waals surface area (Å²) < 4.78 is 1.07. The van der Waals surface area contributed by atoms with Crippen LogP contribution in [0, 0.1) is 12.8 Å². The summed E-state index contributed by atoms with van der Waals surface area (Å²) >= 11 is 1.58. The van der Waals surface area contributed by atoms with E-state index in [9.17, 15) is 15.3 Å². The molecule has 2 fully saturated rings. The van der Waals surface area contributed by atoms with Crippen molar-refractivity contribution in [2.45, 2.75) is 76.7 Å². The Labute approximate surface area is 214 Å². The van der Waals surface area contributed by atoms with E-state index in [0.29, 0.717) is 24.1 Å². The normalized spacial score (nSPS) is 24.4. The predicted octanol–water partition coefficient (Wildman–Crippen LogP) is 3.48. The summed E-state index contributed by atoms with van der Waals surface area (Å²) in [6.07, 6.45) is 2.57. The first-order chi connectivity index (χ1) is 16.1. The topological polar surface area (TPSA) is 136 Å². The quantitative estimate of drug-likeness (QED) is 0.331. The van der Waals surface area contributed by atoms with Crippen LogP contribution < -0.4 is 10.6 Å². The second kappa shape index (κ2) is 9.74. The SMILES string of the molecule is Cc1nc(NC(C)(C)C)nc(N[C@@H]2C[C@H](CO)[C@@H](O)[C@H]2O)c1-c1nc2c(C3CC3)nccc2s1.Cl. The first kappa shape index (κ1) is 26.0. The molecule has 4 atom stereocenters. The van der Waals surface area contributed by atoms with Crippen LogP contribution in [-0.4, -0.2) is 65.7 Å². The molecule has 3 aromatic rings. The van der Waals surface area contributed by atoms with Crippen LogP contribution in [0.1, 0.15) is 57.3 Å². The number of hydrogen-bond donors (Lipinski definition) is 5. The number of nitrogens with zero attached hydrogens (tertiary/aromatic N) is 4. The Morgan fingerprint density at radius 3 is 2.49 bits per heavy atom. The van der Waals surface area contributed by atoms with Crippen LogP contribution in [0.3, 0.4) is 0 Å². The molecule has 2 aliphatic rings. The van der Waals surface area contributed by atoms with Gasteiger partial charge in [0.1, 0.15) is 22.4 Å². The molecule has 190 valence electrons. The minimum absolute atomic E-state index is 0. The molecule has 5 N–H and O–H groups in total. The number of aliphatic hydroxyl groups is 3. The zero-order valence-electron chi connectivity index (χ0n) is 20.3. The van der Waals surface area contributed by atoms with Gasteiger partial charge in [0.25, 0.3) is 0 Å². The average molecular weight is 521 g/mol. The van der Waals surface area contributed by atoms with E-state index < -0.39 is 18.2 Å². The lowest BCUT2D eigenvalue weighted by atomic mass is 10.1. The third kappa shape index (κ3) is 5.22. The van der Waals surface area contributed by atoms with E-state index in [1.54, 1.807) is 11.3 Å². The Morgan fingerprint density at radius 2 is 1.86 bits per heavy atom. The molecule has 35 heavy (non-hydrogen) atoms. The van der Waals surface area contributed by atoms with E-state index in [4.69, 9.17) is 15.0 Å². The Bertz CT molecular complexity index is 1210. The van der Waals surface area contributed by atoms with Crippen molar-refractivity contribution < 1.29 is 15.3 Å². The summed E-state index contributed by atoms with van der Waals surface area (Å²) in [5.41, 5.74) is 3.28. The molecule has 5 rings (SSSR count). The number of hydrogen-bond acceptors (Lipinski definition) is 10. The fraction of sp³-hybridized carbons (Fsp3) is 0.583. The summed E-state index contributed by atoms with van der Waals surface area (Å²) in [7, 11) is 0. The van der Waals surface area contributed by atoms with Gasteiger partial charge in [0.15, 0.2) is 0 Å². The predicted molar refractivity (Wildman–Crippen MR) is 140 cm³/mol. The minimum atomic E-state index is -1.01. The van der Waals surface area contributed by atoms with Crippen molar-refractivity contribution in [1.29, 1.82) is 0 Å². The minimum Gasteiger partial charge on any atom is -0.396 e. The largest absolute Gasteiger partial charge is 0.396 e. The molecule has 0 aliphatic heterocycles. The van der Waals surface area contributed by atoms with Crippen LogP contribution in [0.15, 0.2) is 12.3 Å². The second-order valence-electron chi connectivity index (χ2n) is 10.5. The van der Waals surface area contributed by atoms with Crippen molar-refractivity contribution in [3.8, 4) is 10.6 Å². The summed E-state index contributed by atoms with van der Waals surface area (Å²) in [4.78, 5) is 19.1. The Morgan fingerprint density at radius 1 is 1.11 bits per heavy atom. The molecule has 0 spiro atoms. The van der Waals surface area contributed by atoms with Crippen LogP contribution in [0.25, 0.3) is 20.8 Å². The summed E-state index contributed by atoms with van der Waals surface area (Å²) in [6.45, 7) is 7.86. The van der Waals surface area contributed by atoms with Gasteiger partial charge >= 0.3 is 0 Å². The molecule has 11 heteroatoms. The number of aromatic nitrogens is 4. The highest BCUT2D eigenvalue weighted by Gasteiger charge is 2.41. The van der Waals surface area contributed by atoms with Crippen LogP contribution in [-0.2, 0) is 0 Å². The maximum atomic E-state index is 10.6. The second-order valence-corrected chi connectivity index (χ2v) is 11.5. The summed E-state index contributed by atoms with van der Waals surface area (Å²) in [5.74, 6) is 1.12. The molecule has 2 saturated carbocycles. The lowest BCUT2D eigenvalue weighted by Gasteiger charge is -2.24. The first-order valence-electron chi connectivity index (χ1n) is 11.8. The van der Waals surface area contributed by atoms with Gasteiger partial charge < -0.3 is 26.0 Å². The van der Waals surface area contributed by atoms with Gasteiger partial charge in [-0.05, 0) is 53.0 Å². The molecule has 0 radical (unpaired) electrons. The van der Waals surface area contributed by atoms with E-state index in [1.807, 2.05) is 40.0 Å². The first-order valence-corrected chi connectivity index (χ1v) is 12.6. The highest BCUT2D eigenvalue weighted by molar-refractivity contribution is 7.21. The molecule has 3 aromatic heterocycles. The monoisotopic (exact) mass is 520 g/mol. The smallest absolute Gasteiger partial charge is 0.225 e. The maximum Gasteiger partial charge on any atom is 0.225 e. The Kier molecular flexibility index (Phi) is 7.23. The average Bonchev–Trinajstić information content (AvgIpc) is 3.46. The third-order valence-electron chi connectivity index (χ3n) is 6.45. The number of thiazole rings is 1. The number of anilines is 2. The molecule has 2 aliphatic carbocycles. The Hall–Kier alpha value is -2.11. The van der Waals surface area contributed by atoms with Crippen LogP contribution in [0.5, 0.6) is 0 Å². The number of fused-ring (bicyclic) bond motifs is 1. The van der Waals surface area contributed by atoms with E-state index in [-0.39, 0.29) is 30.5 Å². The zero-order valence-corrected chi connectivity index (χ0v) is 21.9. The van der Waals surface area contributed by atoms with Gasteiger partial charge in [0, 0.05) is 30.2 Å². The van der Waals surface area contributed by atoms with E-state index in [1.165, 1.54) is 0 Å². The summed E-state index contributed by atoms with van der Waals surface area (Å²) in [5, 5.41) is 38.0. The van der Waals surface area contributed by atoms with Crippen LogP contribution in [0.4, 0.5) is 11.8 Å². The molecular formula is C24H33ClN6O3S. The lowest BCUT2D eigenvalue weighted by Crippen LogP contribution is -2.36. The highest BCUT2D eigenvalue weighted by atomic mass is 35.5. The van der Waals surface area contributed by atoms with E-state index in [2.05, 4.69) is 15.6 Å². The number of rotatable bonds is 6. The van der Waals surface area contributed by atoms with Gasteiger partial charge in [0.2, 0.25) is 5.95 Å². The molecule has 0 bridgehead atoms. The molecule has 3 heterocycles. The van der Waals surface area contributed by atoms with Gasteiger partial charge in [-0.3, -0.25) is 4.98 Å². The van der Waals surface area contributed by atoms with Crippen molar-refractivity contribution in [3.05, 3.63) is 23.7 Å². The van der Waals surface area contributed by atoms with Gasteiger partial charge in [-0.15, -0.1) is 23.7 Å². The van der Waals surface area contributed by atoms with E-state index in [0.717, 1.165) is 45.0 Å². The number of aliphatic hydroxyl groups excluding tert-OH is 3. The molecule has 0 saturated heterocycles. The number of pyridine rings is 1. The van der Waals surface area contributed by atoms with Gasteiger partial charge in [-0.2, -0.15) is 4.98 Å². The molecule has 0 unspecified atom stereocenters. The molecule has 9 nitrogen and oxygen atoms in total. The standard InChI is InChI=1S/C24H32N6O3S.ClH/c1-11-16(22-28-18-15(34-22)7-8-25-17(18)12-5-6-12)21(29-23(26-11)30-24(2,3)4)27-14-9-13(10-31)19(32)20(14)33;/h7-8,12-14,19-20,31-33H,5-6,9-10H2,1-4H3,(H2,26,27,29,30);1H/t13-,14-,19-,20+;/m1./s1. The van der Waals surface area contributed by atoms with Crippen molar-refractivity contribution in [1.82, 2.24) is 19.9 Å². The van der Waals surface area contributed by atoms with Crippen molar-refractivity contribution in [3.63, 3.8) is 0 Å². The third-order valence-corrected chi connectivity index (χ3v) is 7.49. The van der Waals surface area contributed by atoms with Crippen molar-refractivity contribution in [2.75, 3.05) is 17.2 Å². The Balaban J connectivity index is 0.00000289. The zero-order chi connectivity index (χ0) is 24.2. The fourth-order valence-corrected chi connectivity index (χ4v) is 5.65. The lowest BCUT2D eigenvalue weighted by molar-refractivity contribution is 0.00446. The number of aryl methyl sites for hydroxylation is 1.